The van der Waals surface area contributed by atoms with Crippen LogP contribution in [0.1, 0.15) is 59.2 Å². The van der Waals surface area contributed by atoms with E-state index in [4.69, 9.17) is 26.4 Å². The summed E-state index contributed by atoms with van der Waals surface area (Å²) < 4.78 is 15.9. The Labute approximate surface area is 168 Å². The van der Waals surface area contributed by atoms with Gasteiger partial charge in [-0.05, 0) is 58.3 Å². The normalized spacial score (nSPS) is 17.3. The van der Waals surface area contributed by atoms with Crippen molar-refractivity contribution in [3.05, 3.63) is 16.0 Å². The maximum Gasteiger partial charge on any atom is 0.348 e. The van der Waals surface area contributed by atoms with Crippen molar-refractivity contribution in [1.29, 1.82) is 0 Å². The second kappa shape index (κ2) is 10.0. The lowest BCUT2D eigenvalue weighted by Gasteiger charge is -2.21. The van der Waals surface area contributed by atoms with Gasteiger partial charge in [-0.2, -0.15) is 0 Å². The SMILES string of the molecule is CCOC(=O)c1sc(NC(=S)N[C@@H](C)[C@H]2CCCO2)c(C(=O)OCC)c1C. The fourth-order valence-electron chi connectivity index (χ4n) is 2.88. The molecule has 1 aromatic rings. The highest BCUT2D eigenvalue weighted by atomic mass is 32.1. The fraction of sp³-hybridized carbons (Fsp3) is 0.611. The van der Waals surface area contributed by atoms with Crippen molar-refractivity contribution in [3.8, 4) is 0 Å². The van der Waals surface area contributed by atoms with Crippen LogP contribution in [0.3, 0.4) is 0 Å². The molecule has 9 heteroatoms. The topological polar surface area (TPSA) is 85.9 Å². The van der Waals surface area contributed by atoms with Crippen LogP contribution in [0.5, 0.6) is 0 Å². The van der Waals surface area contributed by atoms with Crippen molar-refractivity contribution < 1.29 is 23.8 Å². The summed E-state index contributed by atoms with van der Waals surface area (Å²) in [6.07, 6.45) is 2.13. The Morgan fingerprint density at radius 3 is 2.56 bits per heavy atom. The highest BCUT2D eigenvalue weighted by Gasteiger charge is 2.28. The lowest BCUT2D eigenvalue weighted by molar-refractivity contribution is 0.0527. The molecular formula is C18H26N2O5S2. The van der Waals surface area contributed by atoms with Gasteiger partial charge in [0.15, 0.2) is 5.11 Å². The Morgan fingerprint density at radius 2 is 1.96 bits per heavy atom. The minimum atomic E-state index is -0.501. The van der Waals surface area contributed by atoms with E-state index in [0.717, 1.165) is 30.8 Å². The van der Waals surface area contributed by atoms with Crippen molar-refractivity contribution in [1.82, 2.24) is 5.32 Å². The standard InChI is InChI=1S/C18H26N2O5S2/c1-5-23-16(21)13-10(3)14(17(22)24-6-2)27-15(13)20-18(26)19-11(4)12-8-7-9-25-12/h11-12H,5-9H2,1-4H3,(H2,19,20,26)/t11-,12+/m0/s1. The van der Waals surface area contributed by atoms with Crippen LogP contribution in [0.15, 0.2) is 0 Å². The van der Waals surface area contributed by atoms with E-state index in [1.165, 1.54) is 0 Å². The third kappa shape index (κ3) is 5.40. The van der Waals surface area contributed by atoms with Crippen molar-refractivity contribution in [3.63, 3.8) is 0 Å². The molecule has 0 bridgehead atoms. The quantitative estimate of drug-likeness (QED) is 0.519. The van der Waals surface area contributed by atoms with Gasteiger partial charge in [-0.3, -0.25) is 0 Å². The molecule has 2 N–H and O–H groups in total. The van der Waals surface area contributed by atoms with E-state index in [0.29, 0.717) is 26.1 Å². The van der Waals surface area contributed by atoms with Crippen LogP contribution in [0.25, 0.3) is 0 Å². The smallest absolute Gasteiger partial charge is 0.348 e. The summed E-state index contributed by atoms with van der Waals surface area (Å²) in [7, 11) is 0. The summed E-state index contributed by atoms with van der Waals surface area (Å²) in [5.74, 6) is -0.968. The zero-order valence-corrected chi connectivity index (χ0v) is 17.7. The van der Waals surface area contributed by atoms with E-state index in [9.17, 15) is 9.59 Å². The molecule has 0 aromatic carbocycles. The first kappa shape index (κ1) is 21.6. The highest BCUT2D eigenvalue weighted by molar-refractivity contribution is 7.80. The Morgan fingerprint density at radius 1 is 1.30 bits per heavy atom. The third-order valence-corrected chi connectivity index (χ3v) is 5.60. The number of hydrogen-bond acceptors (Lipinski definition) is 7. The molecule has 0 aliphatic carbocycles. The second-order valence-corrected chi connectivity index (χ2v) is 7.57. The first-order valence-corrected chi connectivity index (χ1v) is 10.3. The molecule has 0 radical (unpaired) electrons. The van der Waals surface area contributed by atoms with Crippen LogP contribution >= 0.6 is 23.6 Å². The number of anilines is 1. The molecule has 2 atom stereocenters. The molecule has 27 heavy (non-hydrogen) atoms. The van der Waals surface area contributed by atoms with Crippen molar-refractivity contribution in [2.24, 2.45) is 0 Å². The van der Waals surface area contributed by atoms with E-state index in [1.807, 2.05) is 6.92 Å². The van der Waals surface area contributed by atoms with Gasteiger partial charge in [0.2, 0.25) is 0 Å². The molecule has 150 valence electrons. The second-order valence-electron chi connectivity index (χ2n) is 6.14. The number of carbonyl (C=O) groups is 2. The molecule has 1 saturated heterocycles. The highest BCUT2D eigenvalue weighted by Crippen LogP contribution is 2.34. The van der Waals surface area contributed by atoms with Gasteiger partial charge in [-0.25, -0.2) is 9.59 Å². The maximum absolute atomic E-state index is 12.4. The molecule has 1 fully saturated rings. The maximum atomic E-state index is 12.4. The number of ether oxygens (including phenoxy) is 3. The molecule has 1 aliphatic heterocycles. The molecular weight excluding hydrogens is 388 g/mol. The largest absolute Gasteiger partial charge is 0.462 e. The summed E-state index contributed by atoms with van der Waals surface area (Å²) in [6.45, 7) is 8.42. The van der Waals surface area contributed by atoms with Crippen molar-refractivity contribution in [2.45, 2.75) is 52.7 Å². The van der Waals surface area contributed by atoms with E-state index in [2.05, 4.69) is 10.6 Å². The van der Waals surface area contributed by atoms with Crippen LogP contribution in [0.2, 0.25) is 0 Å². The van der Waals surface area contributed by atoms with Gasteiger partial charge in [-0.15, -0.1) is 11.3 Å². The van der Waals surface area contributed by atoms with E-state index in [-0.39, 0.29) is 25.4 Å². The number of carbonyl (C=O) groups excluding carboxylic acids is 2. The lowest BCUT2D eigenvalue weighted by atomic mass is 10.1. The lowest BCUT2D eigenvalue weighted by Crippen LogP contribution is -2.42. The van der Waals surface area contributed by atoms with Gasteiger partial charge in [0.05, 0.1) is 30.9 Å². The van der Waals surface area contributed by atoms with Crippen LogP contribution in [0, 0.1) is 6.92 Å². The average molecular weight is 415 g/mol. The Hall–Kier alpha value is -1.71. The van der Waals surface area contributed by atoms with Crippen LogP contribution in [0.4, 0.5) is 5.00 Å². The number of nitrogens with one attached hydrogen (secondary N) is 2. The first-order valence-electron chi connectivity index (χ1n) is 9.05. The molecule has 0 unspecified atom stereocenters. The van der Waals surface area contributed by atoms with Gasteiger partial charge in [0, 0.05) is 6.61 Å². The monoisotopic (exact) mass is 414 g/mol. The number of hydrogen-bond donors (Lipinski definition) is 2. The van der Waals surface area contributed by atoms with Gasteiger partial charge < -0.3 is 24.8 Å². The van der Waals surface area contributed by atoms with Gasteiger partial charge in [0.1, 0.15) is 9.88 Å². The van der Waals surface area contributed by atoms with E-state index >= 15 is 0 Å². The minimum Gasteiger partial charge on any atom is -0.462 e. The predicted molar refractivity (Wildman–Crippen MR) is 109 cm³/mol. The van der Waals surface area contributed by atoms with Crippen LogP contribution < -0.4 is 10.6 Å². The van der Waals surface area contributed by atoms with Crippen LogP contribution in [-0.4, -0.2) is 49.0 Å². The minimum absolute atomic E-state index is 0.0316. The Kier molecular flexibility index (Phi) is 8.00. The third-order valence-electron chi connectivity index (χ3n) is 4.20. The van der Waals surface area contributed by atoms with Gasteiger partial charge >= 0.3 is 11.9 Å². The molecule has 0 saturated carbocycles. The van der Waals surface area contributed by atoms with Crippen LogP contribution in [-0.2, 0) is 14.2 Å². The summed E-state index contributed by atoms with van der Waals surface area (Å²) in [6, 6.07) is 0.0316. The van der Waals surface area contributed by atoms with Crippen molar-refractivity contribution in [2.75, 3.05) is 25.1 Å². The predicted octanol–water partition coefficient (Wildman–Crippen LogP) is 3.26. The molecule has 2 heterocycles. The molecule has 1 aliphatic rings. The number of esters is 2. The summed E-state index contributed by atoms with van der Waals surface area (Å²) in [5.41, 5.74) is 0.827. The summed E-state index contributed by atoms with van der Waals surface area (Å²) in [5, 5.41) is 7.05. The Bertz CT molecular complexity index is 698. The van der Waals surface area contributed by atoms with E-state index < -0.39 is 11.9 Å². The molecule has 7 nitrogen and oxygen atoms in total. The first-order chi connectivity index (χ1) is 12.9. The zero-order valence-electron chi connectivity index (χ0n) is 16.0. The number of rotatable bonds is 7. The van der Waals surface area contributed by atoms with Gasteiger partial charge in [0.25, 0.3) is 0 Å². The van der Waals surface area contributed by atoms with Crippen molar-refractivity contribution >= 4 is 45.6 Å². The molecule has 0 amide bonds. The number of thiophene rings is 1. The molecule has 0 spiro atoms. The van der Waals surface area contributed by atoms with E-state index in [1.54, 1.807) is 20.8 Å². The average Bonchev–Trinajstić information content (AvgIpc) is 3.23. The summed E-state index contributed by atoms with van der Waals surface area (Å²) >= 11 is 6.52. The zero-order chi connectivity index (χ0) is 20.0. The molecule has 2 rings (SSSR count). The number of thiocarbonyl (C=S) groups is 1. The van der Waals surface area contributed by atoms with Gasteiger partial charge in [-0.1, -0.05) is 0 Å². The Balaban J connectivity index is 2.19. The summed E-state index contributed by atoms with van der Waals surface area (Å²) in [4.78, 5) is 25.0. The molecule has 1 aromatic heterocycles. The fourth-order valence-corrected chi connectivity index (χ4v) is 4.32.